The molecule has 1 N–H and O–H groups in total. The van der Waals surface area contributed by atoms with Crippen LogP contribution in [0.3, 0.4) is 0 Å². The zero-order chi connectivity index (χ0) is 12.4. The van der Waals surface area contributed by atoms with Crippen LogP contribution in [0.4, 0.5) is 0 Å². The van der Waals surface area contributed by atoms with Crippen molar-refractivity contribution >= 4 is 22.1 Å². The number of nitrogens with one attached hydrogen (secondary N) is 1. The van der Waals surface area contributed by atoms with Crippen molar-refractivity contribution in [2.75, 3.05) is 7.05 Å². The SMILES string of the molecule is CNCc1csc(-c2cncc3ccccc23)n1. The molecule has 3 aromatic rings. The highest BCUT2D eigenvalue weighted by atomic mass is 32.1. The number of fused-ring (bicyclic) bond motifs is 1. The van der Waals surface area contributed by atoms with Crippen LogP contribution in [-0.4, -0.2) is 17.0 Å². The third-order valence-corrected chi connectivity index (χ3v) is 3.73. The van der Waals surface area contributed by atoms with Gasteiger partial charge in [0.1, 0.15) is 5.01 Å². The molecule has 3 nitrogen and oxygen atoms in total. The van der Waals surface area contributed by atoms with Gasteiger partial charge in [-0.3, -0.25) is 4.98 Å². The van der Waals surface area contributed by atoms with E-state index in [1.165, 1.54) is 5.39 Å². The molecule has 2 heterocycles. The number of pyridine rings is 1. The molecule has 0 aliphatic carbocycles. The maximum Gasteiger partial charge on any atom is 0.125 e. The predicted octanol–water partition coefficient (Wildman–Crippen LogP) is 3.08. The van der Waals surface area contributed by atoms with Crippen molar-refractivity contribution in [1.82, 2.24) is 15.3 Å². The quantitative estimate of drug-likeness (QED) is 0.781. The molecular weight excluding hydrogens is 242 g/mol. The zero-order valence-electron chi connectivity index (χ0n) is 10.1. The van der Waals surface area contributed by atoms with Crippen LogP contribution in [0.1, 0.15) is 5.69 Å². The minimum absolute atomic E-state index is 0.800. The summed E-state index contributed by atoms with van der Waals surface area (Å²) in [6, 6.07) is 8.27. The number of nitrogens with zero attached hydrogens (tertiary/aromatic N) is 2. The van der Waals surface area contributed by atoms with Crippen LogP contribution in [-0.2, 0) is 6.54 Å². The van der Waals surface area contributed by atoms with Gasteiger partial charge in [0.25, 0.3) is 0 Å². The molecule has 0 unspecified atom stereocenters. The van der Waals surface area contributed by atoms with E-state index in [-0.39, 0.29) is 0 Å². The maximum atomic E-state index is 4.64. The first kappa shape index (κ1) is 11.3. The molecule has 0 aliphatic rings. The summed E-state index contributed by atoms with van der Waals surface area (Å²) in [5.74, 6) is 0. The van der Waals surface area contributed by atoms with E-state index in [9.17, 15) is 0 Å². The highest BCUT2D eigenvalue weighted by molar-refractivity contribution is 7.13. The van der Waals surface area contributed by atoms with Gasteiger partial charge in [-0.15, -0.1) is 11.3 Å². The van der Waals surface area contributed by atoms with Crippen molar-refractivity contribution in [2.45, 2.75) is 6.54 Å². The lowest BCUT2D eigenvalue weighted by Gasteiger charge is -2.02. The van der Waals surface area contributed by atoms with E-state index >= 15 is 0 Å². The topological polar surface area (TPSA) is 37.8 Å². The normalized spacial score (nSPS) is 10.9. The molecule has 1 aromatic carbocycles. The van der Waals surface area contributed by atoms with Crippen molar-refractivity contribution < 1.29 is 0 Å². The van der Waals surface area contributed by atoms with Crippen molar-refractivity contribution in [2.24, 2.45) is 0 Å². The van der Waals surface area contributed by atoms with Gasteiger partial charge in [-0.2, -0.15) is 0 Å². The number of rotatable bonds is 3. The molecule has 0 bridgehead atoms. The molecule has 0 saturated carbocycles. The highest BCUT2D eigenvalue weighted by Gasteiger charge is 2.08. The van der Waals surface area contributed by atoms with Gasteiger partial charge in [-0.25, -0.2) is 4.98 Å². The number of thiazole rings is 1. The molecule has 0 radical (unpaired) electrons. The Morgan fingerprint density at radius 3 is 3.00 bits per heavy atom. The lowest BCUT2D eigenvalue weighted by Crippen LogP contribution is -2.04. The molecule has 4 heteroatoms. The zero-order valence-corrected chi connectivity index (χ0v) is 10.9. The standard InChI is InChI=1S/C14H13N3S/c1-15-7-11-9-18-14(17-11)13-8-16-6-10-4-2-3-5-12(10)13/h2-6,8-9,15H,7H2,1H3. The fourth-order valence-electron chi connectivity index (χ4n) is 1.98. The lowest BCUT2D eigenvalue weighted by atomic mass is 10.1. The van der Waals surface area contributed by atoms with E-state index < -0.39 is 0 Å². The molecule has 0 fully saturated rings. The van der Waals surface area contributed by atoms with Crippen LogP contribution in [0.5, 0.6) is 0 Å². The second kappa shape index (κ2) is 4.84. The molecular formula is C14H13N3S. The Bertz CT molecular complexity index is 670. The second-order valence-corrected chi connectivity index (χ2v) is 4.94. The number of hydrogen-bond donors (Lipinski definition) is 1. The third-order valence-electron chi connectivity index (χ3n) is 2.81. The van der Waals surface area contributed by atoms with Gasteiger partial charge in [0.2, 0.25) is 0 Å². The van der Waals surface area contributed by atoms with Crippen LogP contribution >= 0.6 is 11.3 Å². The summed E-state index contributed by atoms with van der Waals surface area (Å²) < 4.78 is 0. The summed E-state index contributed by atoms with van der Waals surface area (Å²) >= 11 is 1.67. The Balaban J connectivity index is 2.12. The Labute approximate surface area is 110 Å². The van der Waals surface area contributed by atoms with Crippen molar-refractivity contribution in [1.29, 1.82) is 0 Å². The van der Waals surface area contributed by atoms with Gasteiger partial charge in [0.15, 0.2) is 0 Å². The molecule has 0 amide bonds. The smallest absolute Gasteiger partial charge is 0.125 e. The minimum Gasteiger partial charge on any atom is -0.314 e. The van der Waals surface area contributed by atoms with E-state index in [1.54, 1.807) is 11.3 Å². The molecule has 90 valence electrons. The molecule has 0 saturated heterocycles. The van der Waals surface area contributed by atoms with Gasteiger partial charge in [-0.05, 0) is 12.4 Å². The summed E-state index contributed by atoms with van der Waals surface area (Å²) in [5.41, 5.74) is 2.19. The molecule has 0 spiro atoms. The fourth-order valence-corrected chi connectivity index (χ4v) is 2.82. The van der Waals surface area contributed by atoms with Gasteiger partial charge in [0.05, 0.1) is 5.69 Å². The van der Waals surface area contributed by atoms with E-state index in [0.29, 0.717) is 0 Å². The lowest BCUT2D eigenvalue weighted by molar-refractivity contribution is 0.798. The van der Waals surface area contributed by atoms with E-state index in [1.807, 2.05) is 31.6 Å². The fraction of sp³-hybridized carbons (Fsp3) is 0.143. The molecule has 0 aliphatic heterocycles. The van der Waals surface area contributed by atoms with Crippen molar-refractivity contribution in [3.8, 4) is 10.6 Å². The average molecular weight is 255 g/mol. The van der Waals surface area contributed by atoms with Gasteiger partial charge >= 0.3 is 0 Å². The molecule has 3 rings (SSSR count). The molecule has 2 aromatic heterocycles. The molecule has 18 heavy (non-hydrogen) atoms. The second-order valence-electron chi connectivity index (χ2n) is 4.08. The Morgan fingerprint density at radius 2 is 2.11 bits per heavy atom. The summed E-state index contributed by atoms with van der Waals surface area (Å²) in [6.07, 6.45) is 3.78. The first-order valence-electron chi connectivity index (χ1n) is 5.80. The van der Waals surface area contributed by atoms with Crippen LogP contribution in [0.15, 0.2) is 42.0 Å². The summed E-state index contributed by atoms with van der Waals surface area (Å²) in [7, 11) is 1.93. The summed E-state index contributed by atoms with van der Waals surface area (Å²) in [6.45, 7) is 0.800. The Hall–Kier alpha value is -1.78. The predicted molar refractivity (Wildman–Crippen MR) is 75.6 cm³/mol. The van der Waals surface area contributed by atoms with Crippen molar-refractivity contribution in [3.05, 3.63) is 47.7 Å². The van der Waals surface area contributed by atoms with Crippen LogP contribution in [0.25, 0.3) is 21.3 Å². The van der Waals surface area contributed by atoms with Gasteiger partial charge in [-0.1, -0.05) is 24.3 Å². The Kier molecular flexibility index (Phi) is 3.04. The van der Waals surface area contributed by atoms with Crippen molar-refractivity contribution in [3.63, 3.8) is 0 Å². The largest absolute Gasteiger partial charge is 0.314 e. The van der Waals surface area contributed by atoms with Crippen LogP contribution < -0.4 is 5.32 Å². The number of hydrogen-bond acceptors (Lipinski definition) is 4. The van der Waals surface area contributed by atoms with E-state index in [4.69, 9.17) is 0 Å². The Morgan fingerprint density at radius 1 is 1.22 bits per heavy atom. The summed E-state index contributed by atoms with van der Waals surface area (Å²) in [5, 5.41) is 8.60. The van der Waals surface area contributed by atoms with Crippen LogP contribution in [0.2, 0.25) is 0 Å². The van der Waals surface area contributed by atoms with E-state index in [0.717, 1.165) is 28.2 Å². The first-order chi connectivity index (χ1) is 8.88. The van der Waals surface area contributed by atoms with Gasteiger partial charge in [0, 0.05) is 35.3 Å². The molecule has 0 atom stereocenters. The third kappa shape index (κ3) is 2.00. The first-order valence-corrected chi connectivity index (χ1v) is 6.68. The average Bonchev–Trinajstić information content (AvgIpc) is 2.87. The van der Waals surface area contributed by atoms with E-state index in [2.05, 4.69) is 32.8 Å². The number of aromatic nitrogens is 2. The monoisotopic (exact) mass is 255 g/mol. The number of benzene rings is 1. The van der Waals surface area contributed by atoms with Crippen LogP contribution in [0, 0.1) is 0 Å². The van der Waals surface area contributed by atoms with Gasteiger partial charge < -0.3 is 5.32 Å². The maximum absolute atomic E-state index is 4.64. The summed E-state index contributed by atoms with van der Waals surface area (Å²) in [4.78, 5) is 8.93. The minimum atomic E-state index is 0.800. The highest BCUT2D eigenvalue weighted by Crippen LogP contribution is 2.29.